The smallest absolute Gasteiger partial charge is 0.139 e. The van der Waals surface area contributed by atoms with Crippen molar-refractivity contribution in [2.75, 3.05) is 13.7 Å². The number of allylic oxidation sites excluding steroid dienone is 3. The molecule has 0 saturated carbocycles. The molecule has 0 aromatic heterocycles. The Morgan fingerprint density at radius 1 is 1.24 bits per heavy atom. The zero-order valence-electron chi connectivity index (χ0n) is 13.3. The molecule has 1 rings (SSSR count). The molecular weight excluding hydrogens is 267 g/mol. The van der Waals surface area contributed by atoms with E-state index < -0.39 is 5.83 Å². The van der Waals surface area contributed by atoms with Crippen molar-refractivity contribution in [3.63, 3.8) is 0 Å². The topological polar surface area (TPSA) is 18.5 Å². The van der Waals surface area contributed by atoms with E-state index in [0.29, 0.717) is 5.75 Å². The Hall–Kier alpha value is -2.03. The van der Waals surface area contributed by atoms with E-state index in [1.165, 1.54) is 0 Å². The molecule has 0 bridgehead atoms. The Balaban J connectivity index is 3.37. The number of hydrogen-bond donors (Lipinski definition) is 0. The Bertz CT molecular complexity index is 571. The summed E-state index contributed by atoms with van der Waals surface area (Å²) in [6.45, 7) is 12.9. The molecule has 1 aromatic rings. The second-order valence-corrected chi connectivity index (χ2v) is 4.89. The highest BCUT2D eigenvalue weighted by Crippen LogP contribution is 2.33. The predicted octanol–water partition coefficient (Wildman–Crippen LogP) is 5.37. The zero-order chi connectivity index (χ0) is 16.0. The lowest BCUT2D eigenvalue weighted by Gasteiger charge is -2.16. The van der Waals surface area contributed by atoms with Gasteiger partial charge in [-0.2, -0.15) is 0 Å². The minimum atomic E-state index is -0.504. The predicted molar refractivity (Wildman–Crippen MR) is 86.8 cm³/mol. The summed E-state index contributed by atoms with van der Waals surface area (Å²) in [6, 6.07) is 5.75. The summed E-state index contributed by atoms with van der Waals surface area (Å²) in [5.41, 5.74) is 3.91. The quantitative estimate of drug-likeness (QED) is 0.629. The van der Waals surface area contributed by atoms with E-state index in [4.69, 9.17) is 9.47 Å². The molecule has 0 atom stereocenters. The molecule has 0 amide bonds. The molecule has 21 heavy (non-hydrogen) atoms. The molecule has 0 heterocycles. The summed E-state index contributed by atoms with van der Waals surface area (Å²) in [6.07, 6.45) is 0.784. The Morgan fingerprint density at radius 2 is 1.90 bits per heavy atom. The molecule has 0 aliphatic heterocycles. The molecule has 0 unspecified atom stereocenters. The Kier molecular flexibility index (Phi) is 6.22. The van der Waals surface area contributed by atoms with Gasteiger partial charge in [-0.25, -0.2) is 4.39 Å². The number of hydrogen-bond acceptors (Lipinski definition) is 2. The maximum Gasteiger partial charge on any atom is 0.139 e. The van der Waals surface area contributed by atoms with E-state index in [-0.39, 0.29) is 6.61 Å². The third-order valence-electron chi connectivity index (χ3n) is 3.27. The van der Waals surface area contributed by atoms with Crippen molar-refractivity contribution in [3.05, 3.63) is 54.1 Å². The molecule has 1 aromatic carbocycles. The fraction of sp³-hybridized carbons (Fsp3) is 0.333. The summed E-state index contributed by atoms with van der Waals surface area (Å²) >= 11 is 0. The van der Waals surface area contributed by atoms with Gasteiger partial charge in [-0.1, -0.05) is 31.7 Å². The molecule has 3 heteroatoms. The van der Waals surface area contributed by atoms with E-state index in [9.17, 15) is 4.39 Å². The van der Waals surface area contributed by atoms with Crippen LogP contribution in [0.3, 0.4) is 0 Å². The van der Waals surface area contributed by atoms with Crippen LogP contribution >= 0.6 is 0 Å². The van der Waals surface area contributed by atoms with Gasteiger partial charge in [-0.05, 0) is 38.0 Å². The molecule has 114 valence electrons. The first-order chi connectivity index (χ1) is 9.90. The van der Waals surface area contributed by atoms with Gasteiger partial charge in [0.15, 0.2) is 0 Å². The van der Waals surface area contributed by atoms with E-state index in [2.05, 4.69) is 13.2 Å². The van der Waals surface area contributed by atoms with E-state index in [1.54, 1.807) is 7.11 Å². The lowest BCUT2D eigenvalue weighted by atomic mass is 9.97. The van der Waals surface area contributed by atoms with Crippen molar-refractivity contribution in [3.8, 4) is 5.75 Å². The number of halogens is 1. The van der Waals surface area contributed by atoms with Crippen LogP contribution < -0.4 is 4.74 Å². The SMILES string of the molecule is C=C(F)COc1ccc(C(=C)C)cc1/C(CC)=C(\C)OC. The first-order valence-electron chi connectivity index (χ1n) is 6.90. The average Bonchev–Trinajstić information content (AvgIpc) is 2.45. The van der Waals surface area contributed by atoms with Gasteiger partial charge in [0.05, 0.1) is 12.9 Å². The van der Waals surface area contributed by atoms with Gasteiger partial charge in [0.1, 0.15) is 18.2 Å². The third-order valence-corrected chi connectivity index (χ3v) is 3.27. The van der Waals surface area contributed by atoms with Crippen molar-refractivity contribution in [2.45, 2.75) is 27.2 Å². The number of rotatable bonds is 7. The molecule has 0 N–H and O–H groups in total. The van der Waals surface area contributed by atoms with E-state index in [0.717, 1.165) is 34.5 Å². The summed E-state index contributed by atoms with van der Waals surface area (Å²) in [5, 5.41) is 0. The van der Waals surface area contributed by atoms with Crippen molar-refractivity contribution >= 4 is 11.1 Å². The number of ether oxygens (including phenoxy) is 2. The van der Waals surface area contributed by atoms with Gasteiger partial charge in [-0.3, -0.25) is 0 Å². The standard InChI is InChI=1S/C18H23FO2/c1-7-16(14(5)20-6)17-10-15(12(2)3)8-9-18(17)21-11-13(4)19/h8-10H,2,4,7,11H2,1,3,5-6H3/b16-14+. The molecule has 0 saturated heterocycles. The highest BCUT2D eigenvalue weighted by Gasteiger charge is 2.13. The van der Waals surface area contributed by atoms with Crippen LogP contribution in [0.2, 0.25) is 0 Å². The minimum absolute atomic E-state index is 0.150. The Labute approximate surface area is 126 Å². The van der Waals surface area contributed by atoms with Crippen LogP contribution in [0.1, 0.15) is 38.3 Å². The summed E-state index contributed by atoms with van der Waals surface area (Å²) in [7, 11) is 1.64. The molecule has 0 aliphatic carbocycles. The monoisotopic (exact) mass is 290 g/mol. The van der Waals surface area contributed by atoms with Crippen LogP contribution in [0.4, 0.5) is 4.39 Å². The van der Waals surface area contributed by atoms with Crippen LogP contribution in [-0.2, 0) is 4.74 Å². The van der Waals surface area contributed by atoms with Gasteiger partial charge >= 0.3 is 0 Å². The van der Waals surface area contributed by atoms with Crippen LogP contribution in [-0.4, -0.2) is 13.7 Å². The van der Waals surface area contributed by atoms with Gasteiger partial charge in [0.25, 0.3) is 0 Å². The van der Waals surface area contributed by atoms with Gasteiger partial charge in [0, 0.05) is 11.1 Å². The maximum absolute atomic E-state index is 12.9. The molecule has 0 radical (unpaired) electrons. The average molecular weight is 290 g/mol. The highest BCUT2D eigenvalue weighted by atomic mass is 19.1. The first-order valence-corrected chi connectivity index (χ1v) is 6.90. The van der Waals surface area contributed by atoms with Gasteiger partial charge in [-0.15, -0.1) is 0 Å². The Morgan fingerprint density at radius 3 is 2.38 bits per heavy atom. The lowest BCUT2D eigenvalue weighted by molar-refractivity contribution is 0.294. The normalized spacial score (nSPS) is 11.7. The first kappa shape index (κ1) is 17.0. The molecule has 0 spiro atoms. The number of benzene rings is 1. The summed E-state index contributed by atoms with van der Waals surface area (Å²) in [5.74, 6) is 0.933. The minimum Gasteiger partial charge on any atom is -0.501 e. The van der Waals surface area contributed by atoms with E-state index in [1.807, 2.05) is 39.0 Å². The van der Waals surface area contributed by atoms with E-state index >= 15 is 0 Å². The summed E-state index contributed by atoms with van der Waals surface area (Å²) in [4.78, 5) is 0. The van der Waals surface area contributed by atoms with Crippen LogP contribution in [0.15, 0.2) is 42.9 Å². The fourth-order valence-electron chi connectivity index (χ4n) is 2.07. The second kappa shape index (κ2) is 7.67. The van der Waals surface area contributed by atoms with Gasteiger partial charge < -0.3 is 9.47 Å². The lowest BCUT2D eigenvalue weighted by Crippen LogP contribution is -2.02. The molecule has 0 aliphatic rings. The van der Waals surface area contributed by atoms with Crippen molar-refractivity contribution in [2.24, 2.45) is 0 Å². The maximum atomic E-state index is 12.9. The van der Waals surface area contributed by atoms with Crippen molar-refractivity contribution in [1.29, 1.82) is 0 Å². The third kappa shape index (κ3) is 4.48. The van der Waals surface area contributed by atoms with Crippen LogP contribution in [0, 0.1) is 0 Å². The largest absolute Gasteiger partial charge is 0.501 e. The summed E-state index contributed by atoms with van der Waals surface area (Å²) < 4.78 is 23.7. The van der Waals surface area contributed by atoms with Crippen molar-refractivity contribution in [1.82, 2.24) is 0 Å². The molecular formula is C18H23FO2. The number of methoxy groups -OCH3 is 1. The zero-order valence-corrected chi connectivity index (χ0v) is 13.3. The molecule has 2 nitrogen and oxygen atoms in total. The molecule has 0 fully saturated rings. The highest BCUT2D eigenvalue weighted by molar-refractivity contribution is 5.75. The van der Waals surface area contributed by atoms with Crippen LogP contribution in [0.25, 0.3) is 11.1 Å². The van der Waals surface area contributed by atoms with Crippen LogP contribution in [0.5, 0.6) is 5.75 Å². The van der Waals surface area contributed by atoms with Crippen molar-refractivity contribution < 1.29 is 13.9 Å². The fourth-order valence-corrected chi connectivity index (χ4v) is 2.07. The van der Waals surface area contributed by atoms with Gasteiger partial charge in [0.2, 0.25) is 0 Å². The second-order valence-electron chi connectivity index (χ2n) is 4.89.